The number of benzene rings is 3. The van der Waals surface area contributed by atoms with Gasteiger partial charge in [-0.3, -0.25) is 14.5 Å². The molecule has 28 heavy (non-hydrogen) atoms. The minimum Gasteiger partial charge on any atom is -0.478 e. The topological polar surface area (TPSA) is 99.1 Å². The summed E-state index contributed by atoms with van der Waals surface area (Å²) in [6, 6.07) is 17.2. The molecule has 0 bridgehead atoms. The molecule has 3 aromatic carbocycles. The van der Waals surface area contributed by atoms with Gasteiger partial charge in [0.05, 0.1) is 17.5 Å². The SMILES string of the molecule is O=C(CN1C(=O)c2cccc3cccc1c23)N/N=C\c1ccc(C(=O)O)cc1. The van der Waals surface area contributed by atoms with Gasteiger partial charge < -0.3 is 5.11 Å². The molecule has 1 heterocycles. The maximum Gasteiger partial charge on any atom is 0.335 e. The minimum absolute atomic E-state index is 0.151. The highest BCUT2D eigenvalue weighted by molar-refractivity contribution is 6.26. The molecule has 7 nitrogen and oxygen atoms in total. The fourth-order valence-corrected chi connectivity index (χ4v) is 3.21. The maximum atomic E-state index is 12.7. The lowest BCUT2D eigenvalue weighted by molar-refractivity contribution is -0.119. The zero-order valence-corrected chi connectivity index (χ0v) is 14.6. The van der Waals surface area contributed by atoms with Crippen LogP contribution < -0.4 is 10.3 Å². The van der Waals surface area contributed by atoms with Gasteiger partial charge in [0, 0.05) is 10.9 Å². The van der Waals surface area contributed by atoms with Gasteiger partial charge in [0.15, 0.2) is 0 Å². The third kappa shape index (κ3) is 3.09. The van der Waals surface area contributed by atoms with Crippen molar-refractivity contribution in [3.63, 3.8) is 0 Å². The zero-order valence-electron chi connectivity index (χ0n) is 14.6. The zero-order chi connectivity index (χ0) is 19.7. The Balaban J connectivity index is 1.44. The van der Waals surface area contributed by atoms with Gasteiger partial charge in [0.25, 0.3) is 11.8 Å². The summed E-state index contributed by atoms with van der Waals surface area (Å²) >= 11 is 0. The van der Waals surface area contributed by atoms with E-state index in [1.54, 1.807) is 18.2 Å². The van der Waals surface area contributed by atoms with Crippen LogP contribution >= 0.6 is 0 Å². The molecule has 0 spiro atoms. The van der Waals surface area contributed by atoms with Crippen molar-refractivity contribution in [1.82, 2.24) is 5.43 Å². The first-order chi connectivity index (χ1) is 13.5. The van der Waals surface area contributed by atoms with E-state index in [1.807, 2.05) is 30.3 Å². The highest BCUT2D eigenvalue weighted by Gasteiger charge is 2.30. The monoisotopic (exact) mass is 373 g/mol. The molecule has 138 valence electrons. The second-order valence-electron chi connectivity index (χ2n) is 6.29. The second kappa shape index (κ2) is 6.96. The van der Waals surface area contributed by atoms with Gasteiger partial charge in [-0.1, -0.05) is 36.4 Å². The van der Waals surface area contributed by atoms with E-state index in [1.165, 1.54) is 23.2 Å². The first kappa shape index (κ1) is 17.4. The van der Waals surface area contributed by atoms with Crippen molar-refractivity contribution in [3.05, 3.63) is 77.4 Å². The Hall–Kier alpha value is -4.00. The number of rotatable bonds is 5. The number of aromatic carboxylic acids is 1. The lowest BCUT2D eigenvalue weighted by Gasteiger charge is -2.16. The fraction of sp³-hybridized carbons (Fsp3) is 0.0476. The van der Waals surface area contributed by atoms with E-state index >= 15 is 0 Å². The number of nitrogens with one attached hydrogen (secondary N) is 1. The van der Waals surface area contributed by atoms with Crippen molar-refractivity contribution in [3.8, 4) is 0 Å². The highest BCUT2D eigenvalue weighted by Crippen LogP contribution is 2.36. The van der Waals surface area contributed by atoms with Crippen LogP contribution in [0.3, 0.4) is 0 Å². The molecule has 0 aromatic heterocycles. The number of carbonyl (C=O) groups excluding carboxylic acids is 2. The largest absolute Gasteiger partial charge is 0.478 e. The molecule has 0 radical (unpaired) electrons. The van der Waals surface area contributed by atoms with Crippen LogP contribution in [0.1, 0.15) is 26.3 Å². The molecule has 2 amide bonds. The molecule has 2 N–H and O–H groups in total. The van der Waals surface area contributed by atoms with Crippen molar-refractivity contribution in [2.24, 2.45) is 5.10 Å². The van der Waals surface area contributed by atoms with Crippen LogP contribution in [0.2, 0.25) is 0 Å². The molecule has 0 saturated carbocycles. The number of carbonyl (C=O) groups is 3. The molecule has 0 aliphatic carbocycles. The van der Waals surface area contributed by atoms with Gasteiger partial charge in [-0.25, -0.2) is 10.2 Å². The third-order valence-corrected chi connectivity index (χ3v) is 4.51. The summed E-state index contributed by atoms with van der Waals surface area (Å²) < 4.78 is 0. The van der Waals surface area contributed by atoms with Crippen LogP contribution in [0, 0.1) is 0 Å². The quantitative estimate of drug-likeness (QED) is 0.530. The Bertz CT molecular complexity index is 1130. The van der Waals surface area contributed by atoms with Crippen molar-refractivity contribution in [2.75, 3.05) is 11.4 Å². The molecule has 4 rings (SSSR count). The van der Waals surface area contributed by atoms with Crippen LogP contribution in [0.25, 0.3) is 10.8 Å². The Kier molecular flexibility index (Phi) is 4.33. The molecule has 1 aliphatic heterocycles. The van der Waals surface area contributed by atoms with Gasteiger partial charge in [0.1, 0.15) is 6.54 Å². The maximum absolute atomic E-state index is 12.7. The van der Waals surface area contributed by atoms with E-state index in [0.29, 0.717) is 16.8 Å². The Morgan fingerprint density at radius 1 is 1.04 bits per heavy atom. The summed E-state index contributed by atoms with van der Waals surface area (Å²) in [6.45, 7) is -0.151. The average Bonchev–Trinajstić information content (AvgIpc) is 2.96. The molecule has 1 aliphatic rings. The fourth-order valence-electron chi connectivity index (χ4n) is 3.21. The number of nitrogens with zero attached hydrogens (tertiary/aromatic N) is 2. The summed E-state index contributed by atoms with van der Waals surface area (Å²) in [7, 11) is 0. The summed E-state index contributed by atoms with van der Waals surface area (Å²) in [5.74, 6) is -1.66. The van der Waals surface area contributed by atoms with Crippen molar-refractivity contribution in [2.45, 2.75) is 0 Å². The molecule has 7 heteroatoms. The van der Waals surface area contributed by atoms with E-state index in [-0.39, 0.29) is 18.0 Å². The molecule has 0 unspecified atom stereocenters. The average molecular weight is 373 g/mol. The van der Waals surface area contributed by atoms with E-state index in [4.69, 9.17) is 5.11 Å². The smallest absolute Gasteiger partial charge is 0.335 e. The lowest BCUT2D eigenvalue weighted by Crippen LogP contribution is -2.37. The predicted molar refractivity (Wildman–Crippen MR) is 105 cm³/mol. The van der Waals surface area contributed by atoms with E-state index in [0.717, 1.165) is 10.8 Å². The Morgan fingerprint density at radius 2 is 1.75 bits per heavy atom. The number of amides is 2. The van der Waals surface area contributed by atoms with E-state index < -0.39 is 11.9 Å². The van der Waals surface area contributed by atoms with Crippen LogP contribution in [0.15, 0.2) is 65.8 Å². The number of hydrogen-bond donors (Lipinski definition) is 2. The number of carboxylic acid groups (broad SMARTS) is 1. The molecular formula is C21H15N3O4. The van der Waals surface area contributed by atoms with Gasteiger partial charge >= 0.3 is 5.97 Å². The van der Waals surface area contributed by atoms with Crippen molar-refractivity contribution in [1.29, 1.82) is 0 Å². The Morgan fingerprint density at radius 3 is 2.46 bits per heavy atom. The molecule has 3 aromatic rings. The standard InChI is InChI=1S/C21H15N3O4/c25-18(23-22-11-13-7-9-15(10-8-13)21(27)28)12-24-17-6-2-4-14-3-1-5-16(19(14)17)20(24)26/h1-11H,12H2,(H,23,25)(H,27,28)/b22-11-. The molecule has 0 fully saturated rings. The van der Waals surface area contributed by atoms with Crippen molar-refractivity contribution < 1.29 is 19.5 Å². The first-order valence-electron chi connectivity index (χ1n) is 8.53. The highest BCUT2D eigenvalue weighted by atomic mass is 16.4. The third-order valence-electron chi connectivity index (χ3n) is 4.51. The van der Waals surface area contributed by atoms with Crippen molar-refractivity contribution >= 4 is 40.5 Å². The van der Waals surface area contributed by atoms with Gasteiger partial charge in [-0.05, 0) is 35.2 Å². The van der Waals surface area contributed by atoms with Crippen LogP contribution in [-0.2, 0) is 4.79 Å². The predicted octanol–water partition coefficient (Wildman–Crippen LogP) is 2.65. The number of carboxylic acids is 1. The normalized spacial score (nSPS) is 12.7. The van der Waals surface area contributed by atoms with Gasteiger partial charge in [-0.2, -0.15) is 5.10 Å². The summed E-state index contributed by atoms with van der Waals surface area (Å²) in [5.41, 5.74) is 4.50. The van der Waals surface area contributed by atoms with Crippen LogP contribution in [-0.4, -0.2) is 35.6 Å². The van der Waals surface area contributed by atoms with E-state index in [2.05, 4.69) is 10.5 Å². The first-order valence-corrected chi connectivity index (χ1v) is 8.53. The number of hydrazone groups is 1. The molecule has 0 saturated heterocycles. The van der Waals surface area contributed by atoms with Gasteiger partial charge in [-0.15, -0.1) is 0 Å². The number of anilines is 1. The molecular weight excluding hydrogens is 358 g/mol. The second-order valence-corrected chi connectivity index (χ2v) is 6.29. The van der Waals surface area contributed by atoms with Gasteiger partial charge in [0.2, 0.25) is 0 Å². The Labute approximate surface area is 159 Å². The molecule has 0 atom stereocenters. The van der Waals surface area contributed by atoms with Crippen LogP contribution in [0.5, 0.6) is 0 Å². The summed E-state index contributed by atoms with van der Waals surface area (Å²) in [6.07, 6.45) is 1.41. The van der Waals surface area contributed by atoms with Crippen LogP contribution in [0.4, 0.5) is 5.69 Å². The summed E-state index contributed by atoms with van der Waals surface area (Å²) in [4.78, 5) is 37.2. The minimum atomic E-state index is -1.01. The number of hydrogen-bond acceptors (Lipinski definition) is 4. The summed E-state index contributed by atoms with van der Waals surface area (Å²) in [5, 5.41) is 14.6. The van der Waals surface area contributed by atoms with E-state index in [9.17, 15) is 14.4 Å². The lowest BCUT2D eigenvalue weighted by atomic mass is 10.1.